The van der Waals surface area contributed by atoms with E-state index in [-0.39, 0.29) is 17.4 Å². The van der Waals surface area contributed by atoms with Crippen molar-refractivity contribution >= 4 is 17.8 Å². The highest BCUT2D eigenvalue weighted by atomic mass is 19.1. The SMILES string of the molecule is C#Cc1ccc(NC(/C(C(=O)c2ccc(OC)cc2)=C(/O)C=O)c2ccc(F)cc2)cc1. The highest BCUT2D eigenvalue weighted by Crippen LogP contribution is 2.31. The summed E-state index contributed by atoms with van der Waals surface area (Å²) in [4.78, 5) is 24.9. The molecular weight excluding hydrogens is 409 g/mol. The summed E-state index contributed by atoms with van der Waals surface area (Å²) in [5, 5.41) is 13.6. The van der Waals surface area contributed by atoms with E-state index in [9.17, 15) is 19.1 Å². The second-order valence-electron chi connectivity index (χ2n) is 6.82. The first-order valence-electron chi connectivity index (χ1n) is 9.62. The van der Waals surface area contributed by atoms with Crippen molar-refractivity contribution in [2.24, 2.45) is 0 Å². The Morgan fingerprint density at radius 3 is 2.22 bits per heavy atom. The van der Waals surface area contributed by atoms with Crippen LogP contribution in [0.5, 0.6) is 5.75 Å². The molecular formula is C26H20FNO4. The number of hydrogen-bond donors (Lipinski definition) is 2. The molecule has 0 aliphatic carbocycles. The first-order chi connectivity index (χ1) is 15.5. The molecule has 3 aromatic carbocycles. The molecule has 0 aliphatic rings. The maximum absolute atomic E-state index is 13.5. The van der Waals surface area contributed by atoms with Gasteiger partial charge in [0.1, 0.15) is 11.6 Å². The van der Waals surface area contributed by atoms with Gasteiger partial charge in [-0.2, -0.15) is 0 Å². The van der Waals surface area contributed by atoms with Gasteiger partial charge in [-0.05, 0) is 66.2 Å². The number of aliphatic hydroxyl groups is 1. The Bertz CT molecular complexity index is 1170. The van der Waals surface area contributed by atoms with Crippen molar-refractivity contribution in [3.05, 3.63) is 107 Å². The summed E-state index contributed by atoms with van der Waals surface area (Å²) < 4.78 is 18.7. The van der Waals surface area contributed by atoms with Crippen LogP contribution in [0.4, 0.5) is 10.1 Å². The molecule has 0 saturated heterocycles. The molecule has 0 spiro atoms. The first-order valence-corrected chi connectivity index (χ1v) is 9.62. The molecule has 0 aliphatic heterocycles. The summed E-state index contributed by atoms with van der Waals surface area (Å²) in [6.45, 7) is 0. The van der Waals surface area contributed by atoms with Gasteiger partial charge in [-0.25, -0.2) is 4.39 Å². The number of Topliss-reactive ketones (excluding diaryl/α,β-unsaturated/α-hetero) is 1. The minimum absolute atomic E-state index is 0.183. The maximum atomic E-state index is 13.5. The van der Waals surface area contributed by atoms with Gasteiger partial charge in [0, 0.05) is 16.8 Å². The fourth-order valence-electron chi connectivity index (χ4n) is 3.16. The quantitative estimate of drug-likeness (QED) is 0.176. The lowest BCUT2D eigenvalue weighted by Crippen LogP contribution is -2.22. The van der Waals surface area contributed by atoms with Gasteiger partial charge in [-0.1, -0.05) is 18.1 Å². The molecule has 0 amide bonds. The molecule has 6 heteroatoms. The van der Waals surface area contributed by atoms with Gasteiger partial charge in [-0.3, -0.25) is 9.59 Å². The number of allylic oxidation sites excluding steroid dienone is 1. The van der Waals surface area contributed by atoms with Crippen LogP contribution in [-0.2, 0) is 4.79 Å². The van der Waals surface area contributed by atoms with E-state index in [1.807, 2.05) is 0 Å². The molecule has 0 bridgehead atoms. The number of carbonyl (C=O) groups is 2. The third-order valence-electron chi connectivity index (χ3n) is 4.84. The Labute approximate surface area is 185 Å². The van der Waals surface area contributed by atoms with Crippen molar-refractivity contribution in [3.8, 4) is 18.1 Å². The number of carbonyl (C=O) groups excluding carboxylic acids is 2. The molecule has 1 unspecified atom stereocenters. The van der Waals surface area contributed by atoms with Gasteiger partial charge in [0.25, 0.3) is 0 Å². The van der Waals surface area contributed by atoms with Crippen molar-refractivity contribution in [1.29, 1.82) is 0 Å². The number of aldehydes is 1. The summed E-state index contributed by atoms with van der Waals surface area (Å²) in [5.74, 6) is 1.31. The normalized spacial score (nSPS) is 12.2. The molecule has 0 radical (unpaired) electrons. The number of ketones is 1. The zero-order valence-electron chi connectivity index (χ0n) is 17.2. The first kappa shape index (κ1) is 22.3. The fraction of sp³-hybridized carbons (Fsp3) is 0.0769. The summed E-state index contributed by atoms with van der Waals surface area (Å²) >= 11 is 0. The van der Waals surface area contributed by atoms with E-state index in [1.165, 1.54) is 43.5 Å². The number of nitrogens with one attached hydrogen (secondary N) is 1. The van der Waals surface area contributed by atoms with Crippen LogP contribution in [-0.4, -0.2) is 24.3 Å². The van der Waals surface area contributed by atoms with Gasteiger partial charge < -0.3 is 15.2 Å². The van der Waals surface area contributed by atoms with Crippen LogP contribution in [0.3, 0.4) is 0 Å². The van der Waals surface area contributed by atoms with Crippen LogP contribution in [0.15, 0.2) is 84.1 Å². The third-order valence-corrected chi connectivity index (χ3v) is 4.84. The molecule has 0 heterocycles. The average molecular weight is 429 g/mol. The van der Waals surface area contributed by atoms with Crippen molar-refractivity contribution in [3.63, 3.8) is 0 Å². The number of rotatable bonds is 8. The molecule has 160 valence electrons. The number of halogens is 1. The van der Waals surface area contributed by atoms with E-state index in [0.29, 0.717) is 22.6 Å². The van der Waals surface area contributed by atoms with E-state index in [0.717, 1.165) is 0 Å². The van der Waals surface area contributed by atoms with Crippen LogP contribution in [0.1, 0.15) is 27.5 Å². The summed E-state index contributed by atoms with van der Waals surface area (Å²) in [7, 11) is 1.50. The molecule has 2 N–H and O–H groups in total. The third kappa shape index (κ3) is 5.02. The Morgan fingerprint density at radius 2 is 1.69 bits per heavy atom. The van der Waals surface area contributed by atoms with Crippen LogP contribution in [0, 0.1) is 18.2 Å². The zero-order chi connectivity index (χ0) is 23.1. The molecule has 0 fully saturated rings. The summed E-state index contributed by atoms with van der Waals surface area (Å²) in [6, 6.07) is 17.6. The van der Waals surface area contributed by atoms with Crippen molar-refractivity contribution in [1.82, 2.24) is 0 Å². The monoisotopic (exact) mass is 429 g/mol. The summed E-state index contributed by atoms with van der Waals surface area (Å²) in [5.41, 5.74) is 1.77. The number of hydrogen-bond acceptors (Lipinski definition) is 5. The van der Waals surface area contributed by atoms with Gasteiger partial charge in [0.2, 0.25) is 0 Å². The summed E-state index contributed by atoms with van der Waals surface area (Å²) in [6.07, 6.45) is 5.60. The van der Waals surface area contributed by atoms with E-state index >= 15 is 0 Å². The highest BCUT2D eigenvalue weighted by Gasteiger charge is 2.28. The Kier molecular flexibility index (Phi) is 7.04. The van der Waals surface area contributed by atoms with Crippen LogP contribution in [0.2, 0.25) is 0 Å². The minimum atomic E-state index is -0.952. The lowest BCUT2D eigenvalue weighted by molar-refractivity contribution is -0.107. The second-order valence-corrected chi connectivity index (χ2v) is 6.82. The molecule has 3 rings (SSSR count). The average Bonchev–Trinajstić information content (AvgIpc) is 2.84. The number of anilines is 1. The smallest absolute Gasteiger partial charge is 0.195 e. The van der Waals surface area contributed by atoms with Crippen molar-refractivity contribution < 1.29 is 23.8 Å². The van der Waals surface area contributed by atoms with Gasteiger partial charge in [0.15, 0.2) is 17.8 Å². The Morgan fingerprint density at radius 1 is 1.06 bits per heavy atom. The van der Waals surface area contributed by atoms with Crippen LogP contribution >= 0.6 is 0 Å². The van der Waals surface area contributed by atoms with E-state index in [4.69, 9.17) is 11.2 Å². The predicted octanol–water partition coefficient (Wildman–Crippen LogP) is 4.86. The van der Waals surface area contributed by atoms with Gasteiger partial charge >= 0.3 is 0 Å². The highest BCUT2D eigenvalue weighted by molar-refractivity contribution is 6.12. The topological polar surface area (TPSA) is 75.6 Å². The Balaban J connectivity index is 2.10. The maximum Gasteiger partial charge on any atom is 0.195 e. The minimum Gasteiger partial charge on any atom is -0.504 e. The molecule has 3 aromatic rings. The lowest BCUT2D eigenvalue weighted by atomic mass is 9.90. The van der Waals surface area contributed by atoms with Crippen LogP contribution < -0.4 is 10.1 Å². The largest absolute Gasteiger partial charge is 0.504 e. The number of aliphatic hydroxyl groups excluding tert-OH is 1. The number of benzene rings is 3. The van der Waals surface area contributed by atoms with Crippen LogP contribution in [0.25, 0.3) is 0 Å². The zero-order valence-corrected chi connectivity index (χ0v) is 17.2. The number of ether oxygens (including phenoxy) is 1. The fourth-order valence-corrected chi connectivity index (χ4v) is 3.16. The van der Waals surface area contributed by atoms with Crippen molar-refractivity contribution in [2.45, 2.75) is 6.04 Å². The van der Waals surface area contributed by atoms with E-state index in [1.54, 1.807) is 36.4 Å². The predicted molar refractivity (Wildman–Crippen MR) is 120 cm³/mol. The standard InChI is InChI=1S/C26H20FNO4/c1-3-17-4-12-21(13-5-17)28-25(18-6-10-20(27)11-7-18)24(23(30)16-29)26(31)19-8-14-22(32-2)15-9-19/h1,4-16,25,28,30H,2H3/b24-23-. The van der Waals surface area contributed by atoms with E-state index in [2.05, 4.69) is 11.2 Å². The molecule has 0 saturated carbocycles. The number of terminal acetylenes is 1. The van der Waals surface area contributed by atoms with Gasteiger partial charge in [-0.15, -0.1) is 6.42 Å². The molecule has 1 atom stereocenters. The molecule has 5 nitrogen and oxygen atoms in total. The Hall–Kier alpha value is -4.37. The van der Waals surface area contributed by atoms with E-state index < -0.39 is 23.4 Å². The lowest BCUT2D eigenvalue weighted by Gasteiger charge is -2.23. The molecule has 32 heavy (non-hydrogen) atoms. The molecule has 0 aromatic heterocycles. The number of methoxy groups -OCH3 is 1. The van der Waals surface area contributed by atoms with Crippen molar-refractivity contribution in [2.75, 3.05) is 12.4 Å². The van der Waals surface area contributed by atoms with Gasteiger partial charge in [0.05, 0.1) is 18.7 Å². The second kappa shape index (κ2) is 10.1.